The van der Waals surface area contributed by atoms with E-state index in [9.17, 15) is 14.7 Å². The number of fused-ring (bicyclic) bond motifs is 1. The van der Waals surface area contributed by atoms with Crippen LogP contribution in [0.5, 0.6) is 11.8 Å². The molecule has 1 heterocycles. The van der Waals surface area contributed by atoms with Crippen LogP contribution < -0.4 is 9.47 Å². The molecule has 1 aromatic heterocycles. The Labute approximate surface area is 203 Å². The first kappa shape index (κ1) is 26.5. The van der Waals surface area contributed by atoms with Crippen LogP contribution in [0.3, 0.4) is 0 Å². The molecule has 0 aliphatic carbocycles. The molecule has 11 nitrogen and oxygen atoms in total. The molecule has 0 aliphatic heterocycles. The van der Waals surface area contributed by atoms with E-state index in [0.29, 0.717) is 17.6 Å². The minimum Gasteiger partial charge on any atom is -0.477 e. The number of methoxy groups -OCH3 is 2. The number of hydrogen-bond donors (Lipinski definition) is 0. The maximum Gasteiger partial charge on any atom is 0.344 e. The monoisotopic (exact) mass is 504 g/mol. The molecule has 0 spiro atoms. The summed E-state index contributed by atoms with van der Waals surface area (Å²) in [5.74, 6) is 0.267. The normalized spacial score (nSPS) is 11.7. The van der Waals surface area contributed by atoms with Gasteiger partial charge >= 0.3 is 7.60 Å². The van der Waals surface area contributed by atoms with Gasteiger partial charge < -0.3 is 18.5 Å². The van der Waals surface area contributed by atoms with Crippen molar-refractivity contribution in [3.05, 3.63) is 63.7 Å². The maximum atomic E-state index is 13.4. The smallest absolute Gasteiger partial charge is 0.344 e. The molecule has 3 rings (SSSR count). The van der Waals surface area contributed by atoms with Crippen molar-refractivity contribution < 1.29 is 28.0 Å². The van der Waals surface area contributed by atoms with E-state index in [1.807, 2.05) is 35.2 Å². The molecule has 188 valence electrons. The fourth-order valence-electron chi connectivity index (χ4n) is 3.67. The van der Waals surface area contributed by atoms with Crippen LogP contribution in [-0.4, -0.2) is 53.5 Å². The highest BCUT2D eigenvalue weighted by Gasteiger charge is 2.29. The summed E-state index contributed by atoms with van der Waals surface area (Å²) in [6.45, 7) is 4.50. The van der Waals surface area contributed by atoms with Crippen molar-refractivity contribution in [1.29, 1.82) is 0 Å². The fraction of sp³-hybridized carbons (Fsp3) is 0.391. The molecule has 35 heavy (non-hydrogen) atoms. The Hall–Kier alpha value is -3.11. The third-order valence-corrected chi connectivity index (χ3v) is 7.09. The van der Waals surface area contributed by atoms with Gasteiger partial charge in [0.25, 0.3) is 17.4 Å². The van der Waals surface area contributed by atoms with Crippen molar-refractivity contribution in [1.82, 2.24) is 14.9 Å². The van der Waals surface area contributed by atoms with Crippen LogP contribution in [0.15, 0.2) is 42.5 Å². The summed E-state index contributed by atoms with van der Waals surface area (Å²) in [4.78, 5) is 21.9. The molecule has 0 N–H and O–H groups in total. The molecule has 0 aliphatic rings. The number of nitrogens with zero attached hydrogens (tertiary/aromatic N) is 4. The van der Waals surface area contributed by atoms with Crippen LogP contribution in [0.1, 0.15) is 25.0 Å². The molecule has 3 aromatic rings. The van der Waals surface area contributed by atoms with E-state index in [1.54, 1.807) is 13.8 Å². The van der Waals surface area contributed by atoms with Gasteiger partial charge in [0.2, 0.25) is 0 Å². The zero-order valence-electron chi connectivity index (χ0n) is 20.2. The summed E-state index contributed by atoms with van der Waals surface area (Å²) < 4.78 is 34.9. The maximum absolute atomic E-state index is 13.4. The fourth-order valence-corrected chi connectivity index (χ4v) is 5.38. The van der Waals surface area contributed by atoms with Crippen LogP contribution in [0.2, 0.25) is 0 Å². The topological polar surface area (TPSA) is 126 Å². The number of non-ortho nitro benzene ring substituents is 1. The minimum atomic E-state index is -3.46. The van der Waals surface area contributed by atoms with Crippen LogP contribution >= 0.6 is 7.60 Å². The Morgan fingerprint density at radius 1 is 0.971 bits per heavy atom. The second-order valence-corrected chi connectivity index (χ2v) is 9.55. The van der Waals surface area contributed by atoms with Gasteiger partial charge in [0.15, 0.2) is 0 Å². The van der Waals surface area contributed by atoms with E-state index < -0.39 is 12.5 Å². The second-order valence-electron chi connectivity index (χ2n) is 7.53. The molecule has 0 saturated heterocycles. The zero-order valence-corrected chi connectivity index (χ0v) is 21.1. The Balaban J connectivity index is 2.10. The molecule has 0 unspecified atom stereocenters. The van der Waals surface area contributed by atoms with Gasteiger partial charge in [-0.3, -0.25) is 19.6 Å². The van der Waals surface area contributed by atoms with Gasteiger partial charge in [-0.25, -0.2) is 9.97 Å². The number of nitro groups is 1. The molecule has 0 fully saturated rings. The Morgan fingerprint density at radius 3 is 2.17 bits per heavy atom. The van der Waals surface area contributed by atoms with E-state index in [1.165, 1.54) is 26.4 Å². The zero-order chi connectivity index (χ0) is 25.4. The van der Waals surface area contributed by atoms with E-state index in [0.717, 1.165) is 5.56 Å². The van der Waals surface area contributed by atoms with E-state index in [-0.39, 0.29) is 49.0 Å². The van der Waals surface area contributed by atoms with Gasteiger partial charge in [-0.15, -0.1) is 0 Å². The van der Waals surface area contributed by atoms with Crippen molar-refractivity contribution in [2.75, 3.05) is 33.7 Å². The van der Waals surface area contributed by atoms with Crippen molar-refractivity contribution >= 4 is 24.3 Å². The van der Waals surface area contributed by atoms with Crippen LogP contribution in [0.4, 0.5) is 5.69 Å². The number of nitro benzene ring substituents is 1. The molecule has 12 heteroatoms. The SMILES string of the molecule is CCOP(=O)(CN(Cc1ccccc1)Cc1cc([N+](=O)[O-])cc2nc(OC)c(OC)nc12)OCC. The van der Waals surface area contributed by atoms with E-state index >= 15 is 0 Å². The van der Waals surface area contributed by atoms with Crippen molar-refractivity contribution in [2.45, 2.75) is 26.9 Å². The van der Waals surface area contributed by atoms with Gasteiger partial charge in [0.05, 0.1) is 37.9 Å². The lowest BCUT2D eigenvalue weighted by molar-refractivity contribution is -0.384. The number of ether oxygens (including phenoxy) is 2. The van der Waals surface area contributed by atoms with E-state index in [2.05, 4.69) is 9.97 Å². The average molecular weight is 504 g/mol. The summed E-state index contributed by atoms with van der Waals surface area (Å²) >= 11 is 0. The molecule has 0 atom stereocenters. The highest BCUT2D eigenvalue weighted by atomic mass is 31.2. The predicted octanol–water partition coefficient (Wildman–Crippen LogP) is 4.78. The summed E-state index contributed by atoms with van der Waals surface area (Å²) in [6.07, 6.45) is -0.0194. The molecule has 0 radical (unpaired) electrons. The van der Waals surface area contributed by atoms with Crippen LogP contribution in [-0.2, 0) is 26.7 Å². The first-order valence-corrected chi connectivity index (χ1v) is 12.8. The summed E-state index contributed by atoms with van der Waals surface area (Å²) in [7, 11) is -0.607. The lowest BCUT2D eigenvalue weighted by atomic mass is 10.1. The molecule has 0 amide bonds. The summed E-state index contributed by atoms with van der Waals surface area (Å²) in [6, 6.07) is 12.4. The van der Waals surface area contributed by atoms with Gasteiger partial charge in [-0.2, -0.15) is 0 Å². The number of aromatic nitrogens is 2. The largest absolute Gasteiger partial charge is 0.477 e. The second kappa shape index (κ2) is 12.0. The molecule has 0 saturated carbocycles. The van der Waals surface area contributed by atoms with Gasteiger partial charge in [0.1, 0.15) is 11.8 Å². The molecular weight excluding hydrogens is 475 g/mol. The Kier molecular flexibility index (Phi) is 9.11. The number of benzene rings is 2. The summed E-state index contributed by atoms with van der Waals surface area (Å²) in [5, 5.41) is 11.7. The quantitative estimate of drug-likeness (QED) is 0.182. The van der Waals surface area contributed by atoms with Crippen molar-refractivity contribution in [3.63, 3.8) is 0 Å². The van der Waals surface area contributed by atoms with Gasteiger partial charge in [0, 0.05) is 30.8 Å². The molecule has 0 bridgehead atoms. The number of rotatable bonds is 13. The highest BCUT2D eigenvalue weighted by molar-refractivity contribution is 7.53. The van der Waals surface area contributed by atoms with Crippen LogP contribution in [0, 0.1) is 10.1 Å². The minimum absolute atomic E-state index is 0.0194. The molecular formula is C23H29N4O7P. The third-order valence-electron chi connectivity index (χ3n) is 5.04. The lowest BCUT2D eigenvalue weighted by Gasteiger charge is -2.27. The highest BCUT2D eigenvalue weighted by Crippen LogP contribution is 2.49. The van der Waals surface area contributed by atoms with Crippen LogP contribution in [0.25, 0.3) is 11.0 Å². The molecule has 2 aromatic carbocycles. The van der Waals surface area contributed by atoms with Crippen molar-refractivity contribution in [3.8, 4) is 11.8 Å². The average Bonchev–Trinajstić information content (AvgIpc) is 2.83. The predicted molar refractivity (Wildman–Crippen MR) is 131 cm³/mol. The van der Waals surface area contributed by atoms with E-state index in [4.69, 9.17) is 18.5 Å². The third kappa shape index (κ3) is 6.73. The first-order valence-electron chi connectivity index (χ1n) is 11.0. The van der Waals surface area contributed by atoms with Gasteiger partial charge in [-0.1, -0.05) is 30.3 Å². The van der Waals surface area contributed by atoms with Gasteiger partial charge in [-0.05, 0) is 19.4 Å². The Bertz CT molecular complexity index is 1200. The Morgan fingerprint density at radius 2 is 1.60 bits per heavy atom. The number of hydrogen-bond acceptors (Lipinski definition) is 10. The standard InChI is InChI=1S/C23H29N4O7P/c1-5-33-35(30,34-6-2)16-26(14-17-10-8-7-9-11-17)15-18-12-19(27(28)29)13-20-21(18)25-23(32-4)22(24-20)31-3/h7-13H,5-6,14-16H2,1-4H3. The van der Waals surface area contributed by atoms with Crippen molar-refractivity contribution in [2.24, 2.45) is 0 Å². The summed E-state index contributed by atoms with van der Waals surface area (Å²) in [5.41, 5.74) is 2.02. The lowest BCUT2D eigenvalue weighted by Crippen LogP contribution is -2.25. The first-order chi connectivity index (χ1) is 16.8.